The maximum atomic E-state index is 12.3. The zero-order valence-corrected chi connectivity index (χ0v) is 11.9. The molecule has 0 bridgehead atoms. The van der Waals surface area contributed by atoms with E-state index in [1.165, 1.54) is 0 Å². The minimum Gasteiger partial charge on any atom is -0.495 e. The molecule has 0 spiro atoms. The highest BCUT2D eigenvalue weighted by atomic mass is 16.5. The third-order valence-corrected chi connectivity index (χ3v) is 3.43. The number of nitrogens with zero attached hydrogens (tertiary/aromatic N) is 1. The standard InChI is InChI=1S/C15H22N2O2/c1-11-4-5-14(19-3)13(8-11)17-10-12(2)9-16-7-6-15(17)18/h4-5,8,12,16H,6-7,9-10H2,1-3H3. The molecule has 1 atom stereocenters. The molecular formula is C15H22N2O2. The lowest BCUT2D eigenvalue weighted by atomic mass is 10.1. The van der Waals surface area contributed by atoms with E-state index in [0.717, 1.165) is 36.6 Å². The number of hydrogen-bond acceptors (Lipinski definition) is 3. The number of nitrogens with one attached hydrogen (secondary N) is 1. The number of benzene rings is 1. The van der Waals surface area contributed by atoms with Crippen molar-refractivity contribution >= 4 is 11.6 Å². The third-order valence-electron chi connectivity index (χ3n) is 3.43. The molecule has 1 N–H and O–H groups in total. The van der Waals surface area contributed by atoms with Gasteiger partial charge in [0.1, 0.15) is 5.75 Å². The average Bonchev–Trinajstić information content (AvgIpc) is 2.39. The van der Waals surface area contributed by atoms with Crippen LogP contribution >= 0.6 is 0 Å². The van der Waals surface area contributed by atoms with Gasteiger partial charge in [-0.05, 0) is 37.1 Å². The molecule has 1 aliphatic rings. The molecule has 4 heteroatoms. The Morgan fingerprint density at radius 2 is 2.21 bits per heavy atom. The van der Waals surface area contributed by atoms with Gasteiger partial charge in [-0.1, -0.05) is 13.0 Å². The summed E-state index contributed by atoms with van der Waals surface area (Å²) in [4.78, 5) is 14.2. The van der Waals surface area contributed by atoms with Crippen LogP contribution in [0.3, 0.4) is 0 Å². The number of carbonyl (C=O) groups is 1. The predicted molar refractivity (Wildman–Crippen MR) is 76.7 cm³/mol. The lowest BCUT2D eigenvalue weighted by Crippen LogP contribution is -2.42. The molecule has 0 radical (unpaired) electrons. The number of ether oxygens (including phenoxy) is 1. The van der Waals surface area contributed by atoms with Gasteiger partial charge in [0.25, 0.3) is 0 Å². The van der Waals surface area contributed by atoms with Gasteiger partial charge in [-0.25, -0.2) is 0 Å². The van der Waals surface area contributed by atoms with Gasteiger partial charge in [-0.2, -0.15) is 0 Å². The summed E-state index contributed by atoms with van der Waals surface area (Å²) >= 11 is 0. The Kier molecular flexibility index (Phi) is 4.43. The minimum atomic E-state index is 0.156. The highest BCUT2D eigenvalue weighted by Crippen LogP contribution is 2.30. The summed E-state index contributed by atoms with van der Waals surface area (Å²) in [5, 5.41) is 3.30. The molecule has 1 unspecified atom stereocenters. The van der Waals surface area contributed by atoms with Gasteiger partial charge < -0.3 is 15.0 Å². The zero-order valence-electron chi connectivity index (χ0n) is 11.9. The molecule has 0 saturated carbocycles. The average molecular weight is 262 g/mol. The van der Waals surface area contributed by atoms with Crippen molar-refractivity contribution in [2.24, 2.45) is 5.92 Å². The smallest absolute Gasteiger partial charge is 0.228 e. The highest BCUT2D eigenvalue weighted by Gasteiger charge is 2.23. The lowest BCUT2D eigenvalue weighted by molar-refractivity contribution is -0.118. The van der Waals surface area contributed by atoms with Crippen molar-refractivity contribution < 1.29 is 9.53 Å². The number of amides is 1. The topological polar surface area (TPSA) is 41.6 Å². The monoisotopic (exact) mass is 262 g/mol. The summed E-state index contributed by atoms with van der Waals surface area (Å²) < 4.78 is 5.40. The first-order valence-electron chi connectivity index (χ1n) is 6.77. The maximum Gasteiger partial charge on any atom is 0.228 e. The Hall–Kier alpha value is -1.55. The molecule has 4 nitrogen and oxygen atoms in total. The van der Waals surface area contributed by atoms with Gasteiger partial charge in [-0.15, -0.1) is 0 Å². The molecule has 1 aromatic carbocycles. The summed E-state index contributed by atoms with van der Waals surface area (Å²) in [6.07, 6.45) is 0.532. The van der Waals surface area contributed by atoms with Crippen molar-refractivity contribution in [3.8, 4) is 5.75 Å². The van der Waals surface area contributed by atoms with E-state index >= 15 is 0 Å². The number of aryl methyl sites for hydroxylation is 1. The molecule has 0 aromatic heterocycles. The molecule has 0 aliphatic carbocycles. The molecule has 1 heterocycles. The van der Waals surface area contributed by atoms with E-state index < -0.39 is 0 Å². The van der Waals surface area contributed by atoms with Crippen molar-refractivity contribution in [1.29, 1.82) is 0 Å². The van der Waals surface area contributed by atoms with Crippen molar-refractivity contribution in [3.05, 3.63) is 23.8 Å². The minimum absolute atomic E-state index is 0.156. The molecule has 1 aromatic rings. The second-order valence-corrected chi connectivity index (χ2v) is 5.24. The van der Waals surface area contributed by atoms with Crippen LogP contribution < -0.4 is 15.0 Å². The summed E-state index contributed by atoms with van der Waals surface area (Å²) in [7, 11) is 1.65. The Morgan fingerprint density at radius 1 is 1.42 bits per heavy atom. The Balaban J connectivity index is 2.35. The fourth-order valence-corrected chi connectivity index (χ4v) is 2.40. The van der Waals surface area contributed by atoms with E-state index in [4.69, 9.17) is 4.74 Å². The van der Waals surface area contributed by atoms with Crippen molar-refractivity contribution in [1.82, 2.24) is 5.32 Å². The van der Waals surface area contributed by atoms with E-state index in [1.807, 2.05) is 30.0 Å². The van der Waals surface area contributed by atoms with Crippen LogP contribution in [0.25, 0.3) is 0 Å². The van der Waals surface area contributed by atoms with Crippen LogP contribution in [-0.4, -0.2) is 32.7 Å². The molecule has 2 rings (SSSR count). The fourth-order valence-electron chi connectivity index (χ4n) is 2.40. The van der Waals surface area contributed by atoms with Crippen LogP contribution in [0.15, 0.2) is 18.2 Å². The summed E-state index contributed by atoms with van der Waals surface area (Å²) in [6.45, 7) is 6.60. The second kappa shape index (κ2) is 6.06. The van der Waals surface area contributed by atoms with E-state index in [2.05, 4.69) is 12.2 Å². The Labute approximate surface area is 114 Å². The third kappa shape index (κ3) is 3.26. The lowest BCUT2D eigenvalue weighted by Gasteiger charge is -2.30. The number of methoxy groups -OCH3 is 1. The molecule has 1 aliphatic heterocycles. The van der Waals surface area contributed by atoms with Crippen LogP contribution in [0.4, 0.5) is 5.69 Å². The molecule has 104 valence electrons. The van der Waals surface area contributed by atoms with E-state index in [9.17, 15) is 4.79 Å². The molecule has 1 amide bonds. The Morgan fingerprint density at radius 3 is 2.95 bits per heavy atom. The van der Waals surface area contributed by atoms with Gasteiger partial charge >= 0.3 is 0 Å². The van der Waals surface area contributed by atoms with Crippen LogP contribution in [0.1, 0.15) is 18.9 Å². The quantitative estimate of drug-likeness (QED) is 0.886. The molecule has 1 fully saturated rings. The van der Waals surface area contributed by atoms with Crippen molar-refractivity contribution in [2.45, 2.75) is 20.3 Å². The van der Waals surface area contributed by atoms with Crippen LogP contribution in [0.5, 0.6) is 5.75 Å². The molecular weight excluding hydrogens is 240 g/mol. The van der Waals surface area contributed by atoms with Crippen LogP contribution in [-0.2, 0) is 4.79 Å². The largest absolute Gasteiger partial charge is 0.495 e. The number of rotatable bonds is 2. The Bertz CT molecular complexity index is 459. The van der Waals surface area contributed by atoms with Gasteiger partial charge in [0.05, 0.1) is 12.8 Å². The van der Waals surface area contributed by atoms with Gasteiger partial charge in [-0.3, -0.25) is 4.79 Å². The number of anilines is 1. The first kappa shape index (κ1) is 13.9. The summed E-state index contributed by atoms with van der Waals surface area (Å²) in [5.74, 6) is 1.34. The van der Waals surface area contributed by atoms with Gasteiger partial charge in [0.15, 0.2) is 0 Å². The second-order valence-electron chi connectivity index (χ2n) is 5.24. The van der Waals surface area contributed by atoms with E-state index in [0.29, 0.717) is 12.3 Å². The summed E-state index contributed by atoms with van der Waals surface area (Å²) in [6, 6.07) is 5.96. The van der Waals surface area contributed by atoms with E-state index in [-0.39, 0.29) is 5.91 Å². The zero-order chi connectivity index (χ0) is 13.8. The predicted octanol–water partition coefficient (Wildman–Crippen LogP) is 1.97. The van der Waals surface area contributed by atoms with Crippen molar-refractivity contribution in [3.63, 3.8) is 0 Å². The van der Waals surface area contributed by atoms with Crippen LogP contribution in [0.2, 0.25) is 0 Å². The van der Waals surface area contributed by atoms with Gasteiger partial charge in [0.2, 0.25) is 5.91 Å². The summed E-state index contributed by atoms with van der Waals surface area (Å²) in [5.41, 5.74) is 2.03. The first-order valence-corrected chi connectivity index (χ1v) is 6.77. The number of carbonyl (C=O) groups excluding carboxylic acids is 1. The van der Waals surface area contributed by atoms with E-state index in [1.54, 1.807) is 7.11 Å². The van der Waals surface area contributed by atoms with Crippen LogP contribution in [0, 0.1) is 12.8 Å². The normalized spacial score (nSPS) is 20.9. The highest BCUT2D eigenvalue weighted by molar-refractivity contribution is 5.95. The maximum absolute atomic E-state index is 12.3. The first-order chi connectivity index (χ1) is 9.11. The van der Waals surface area contributed by atoms with Gasteiger partial charge in [0, 0.05) is 19.5 Å². The number of hydrogen-bond donors (Lipinski definition) is 1. The fraction of sp³-hybridized carbons (Fsp3) is 0.533. The molecule has 1 saturated heterocycles. The van der Waals surface area contributed by atoms with Crippen molar-refractivity contribution in [2.75, 3.05) is 31.6 Å². The SMILES string of the molecule is COc1ccc(C)cc1N1CC(C)CNCCC1=O. The molecule has 19 heavy (non-hydrogen) atoms.